The SMILES string of the molecule is CNC1CCCN(C(=O)c2sccc2SC(F)F)C1. The molecule has 0 aliphatic carbocycles. The van der Waals surface area contributed by atoms with Crippen LogP contribution in [-0.2, 0) is 0 Å². The molecule has 2 rings (SSSR count). The molecule has 1 N–H and O–H groups in total. The van der Waals surface area contributed by atoms with Crippen LogP contribution in [0.15, 0.2) is 16.3 Å². The van der Waals surface area contributed by atoms with E-state index in [1.54, 1.807) is 16.3 Å². The molecule has 1 aliphatic heterocycles. The van der Waals surface area contributed by atoms with Crippen LogP contribution >= 0.6 is 23.1 Å². The number of hydrogen-bond acceptors (Lipinski definition) is 4. The van der Waals surface area contributed by atoms with E-state index in [0.29, 0.717) is 40.7 Å². The summed E-state index contributed by atoms with van der Waals surface area (Å²) < 4.78 is 24.9. The average Bonchev–Trinajstić information content (AvgIpc) is 2.85. The summed E-state index contributed by atoms with van der Waals surface area (Å²) in [4.78, 5) is 14.9. The number of carbonyl (C=O) groups excluding carboxylic acids is 1. The van der Waals surface area contributed by atoms with Crippen molar-refractivity contribution in [1.29, 1.82) is 0 Å². The number of hydrogen-bond donors (Lipinski definition) is 1. The van der Waals surface area contributed by atoms with Crippen LogP contribution < -0.4 is 5.32 Å². The van der Waals surface area contributed by atoms with Crippen LogP contribution in [0.25, 0.3) is 0 Å². The Morgan fingerprint density at radius 3 is 3.11 bits per heavy atom. The van der Waals surface area contributed by atoms with Crippen molar-refractivity contribution < 1.29 is 13.6 Å². The average molecular weight is 306 g/mol. The van der Waals surface area contributed by atoms with E-state index in [2.05, 4.69) is 5.32 Å². The Morgan fingerprint density at radius 1 is 1.63 bits per heavy atom. The van der Waals surface area contributed by atoms with Crippen LogP contribution in [-0.4, -0.2) is 42.7 Å². The van der Waals surface area contributed by atoms with E-state index in [1.165, 1.54) is 11.3 Å². The Morgan fingerprint density at radius 2 is 2.42 bits per heavy atom. The zero-order chi connectivity index (χ0) is 13.8. The van der Waals surface area contributed by atoms with E-state index >= 15 is 0 Å². The summed E-state index contributed by atoms with van der Waals surface area (Å²) in [6.45, 7) is 1.35. The summed E-state index contributed by atoms with van der Waals surface area (Å²) >= 11 is 1.68. The number of likely N-dealkylation sites (N-methyl/N-ethyl adjacent to an activating group) is 1. The number of alkyl halides is 2. The molecule has 1 fully saturated rings. The fourth-order valence-corrected chi connectivity index (χ4v) is 3.85. The summed E-state index contributed by atoms with van der Waals surface area (Å²) in [5.74, 6) is -2.62. The van der Waals surface area contributed by atoms with Gasteiger partial charge in [0.25, 0.3) is 11.7 Å². The Labute approximate surface area is 119 Å². The van der Waals surface area contributed by atoms with Gasteiger partial charge in [-0.25, -0.2) is 0 Å². The van der Waals surface area contributed by atoms with Crippen molar-refractivity contribution in [1.82, 2.24) is 10.2 Å². The van der Waals surface area contributed by atoms with Gasteiger partial charge >= 0.3 is 0 Å². The van der Waals surface area contributed by atoms with E-state index in [1.807, 2.05) is 7.05 Å². The minimum Gasteiger partial charge on any atom is -0.336 e. The molecule has 1 saturated heterocycles. The number of nitrogens with one attached hydrogen (secondary N) is 1. The minimum absolute atomic E-state index is 0.127. The number of amides is 1. The third-order valence-corrected chi connectivity index (χ3v) is 4.96. The molecule has 1 amide bonds. The normalized spacial score (nSPS) is 20.0. The third-order valence-electron chi connectivity index (χ3n) is 3.16. The molecule has 19 heavy (non-hydrogen) atoms. The van der Waals surface area contributed by atoms with Crippen molar-refractivity contribution in [2.45, 2.75) is 29.5 Å². The number of halogens is 2. The highest BCUT2D eigenvalue weighted by Crippen LogP contribution is 2.33. The fourth-order valence-electron chi connectivity index (χ4n) is 2.18. The highest BCUT2D eigenvalue weighted by atomic mass is 32.2. The molecule has 1 aromatic rings. The second-order valence-corrected chi connectivity index (χ2v) is 6.32. The monoisotopic (exact) mass is 306 g/mol. The molecule has 7 heteroatoms. The lowest BCUT2D eigenvalue weighted by atomic mass is 10.1. The maximum absolute atomic E-state index is 12.4. The highest BCUT2D eigenvalue weighted by molar-refractivity contribution is 7.99. The van der Waals surface area contributed by atoms with Crippen LogP contribution in [0.3, 0.4) is 0 Å². The van der Waals surface area contributed by atoms with Crippen LogP contribution in [0.2, 0.25) is 0 Å². The van der Waals surface area contributed by atoms with E-state index in [0.717, 1.165) is 12.8 Å². The van der Waals surface area contributed by atoms with E-state index in [9.17, 15) is 13.6 Å². The number of carbonyl (C=O) groups is 1. The molecule has 1 unspecified atom stereocenters. The van der Waals surface area contributed by atoms with E-state index in [-0.39, 0.29) is 5.91 Å². The summed E-state index contributed by atoms with van der Waals surface area (Å²) in [6.07, 6.45) is 1.99. The predicted molar refractivity (Wildman–Crippen MR) is 74.2 cm³/mol. The van der Waals surface area contributed by atoms with Crippen molar-refractivity contribution in [3.63, 3.8) is 0 Å². The number of nitrogens with zero attached hydrogens (tertiary/aromatic N) is 1. The quantitative estimate of drug-likeness (QED) is 0.868. The van der Waals surface area contributed by atoms with Gasteiger partial charge in [-0.15, -0.1) is 11.3 Å². The first kappa shape index (κ1) is 14.7. The molecule has 1 aliphatic rings. The minimum atomic E-state index is -2.49. The maximum atomic E-state index is 12.4. The van der Waals surface area contributed by atoms with Gasteiger partial charge in [-0.05, 0) is 31.3 Å². The summed E-state index contributed by atoms with van der Waals surface area (Å²) in [7, 11) is 1.88. The lowest BCUT2D eigenvalue weighted by Crippen LogP contribution is -2.46. The van der Waals surface area contributed by atoms with Crippen molar-refractivity contribution in [3.8, 4) is 0 Å². The molecule has 1 atom stereocenters. The lowest BCUT2D eigenvalue weighted by Gasteiger charge is -2.32. The summed E-state index contributed by atoms with van der Waals surface area (Å²) in [6, 6.07) is 1.89. The van der Waals surface area contributed by atoms with Gasteiger partial charge in [0.2, 0.25) is 0 Å². The summed E-state index contributed by atoms with van der Waals surface area (Å²) in [5.41, 5.74) is 0. The molecule has 1 aromatic heterocycles. The van der Waals surface area contributed by atoms with Gasteiger partial charge in [-0.3, -0.25) is 4.79 Å². The van der Waals surface area contributed by atoms with E-state index in [4.69, 9.17) is 0 Å². The molecule has 106 valence electrons. The smallest absolute Gasteiger partial charge is 0.288 e. The number of rotatable bonds is 4. The lowest BCUT2D eigenvalue weighted by molar-refractivity contribution is 0.0700. The van der Waals surface area contributed by atoms with Gasteiger partial charge in [0.15, 0.2) is 0 Å². The Hall–Kier alpha value is -0.660. The van der Waals surface area contributed by atoms with Crippen molar-refractivity contribution in [2.24, 2.45) is 0 Å². The number of piperidine rings is 1. The number of thioether (sulfide) groups is 1. The Bertz CT molecular complexity index is 439. The molecule has 0 radical (unpaired) electrons. The Kier molecular flexibility index (Phi) is 5.18. The molecule has 0 spiro atoms. The molecule has 0 aromatic carbocycles. The topological polar surface area (TPSA) is 32.3 Å². The first-order valence-electron chi connectivity index (χ1n) is 6.10. The maximum Gasteiger partial charge on any atom is 0.288 e. The zero-order valence-corrected chi connectivity index (χ0v) is 12.2. The number of likely N-dealkylation sites (tertiary alicyclic amines) is 1. The van der Waals surface area contributed by atoms with Crippen molar-refractivity contribution in [3.05, 3.63) is 16.3 Å². The molecule has 3 nitrogen and oxygen atoms in total. The molecular formula is C12H16F2N2OS2. The van der Waals surface area contributed by atoms with Crippen LogP contribution in [0.1, 0.15) is 22.5 Å². The van der Waals surface area contributed by atoms with Crippen molar-refractivity contribution in [2.75, 3.05) is 20.1 Å². The van der Waals surface area contributed by atoms with Gasteiger partial charge in [-0.2, -0.15) is 8.78 Å². The standard InChI is InChI=1S/C12H16F2N2OS2/c1-15-8-3-2-5-16(7-8)11(17)10-9(4-6-18-10)19-12(13)14/h4,6,8,12,15H,2-3,5,7H2,1H3. The van der Waals surface area contributed by atoms with Gasteiger partial charge in [0.1, 0.15) is 4.88 Å². The largest absolute Gasteiger partial charge is 0.336 e. The van der Waals surface area contributed by atoms with Crippen LogP contribution in [0.5, 0.6) is 0 Å². The van der Waals surface area contributed by atoms with E-state index < -0.39 is 5.76 Å². The molecule has 0 bridgehead atoms. The third kappa shape index (κ3) is 3.67. The zero-order valence-electron chi connectivity index (χ0n) is 10.6. The Balaban J connectivity index is 2.08. The molecule has 0 saturated carbocycles. The first-order valence-corrected chi connectivity index (χ1v) is 7.86. The molecule has 2 heterocycles. The van der Waals surface area contributed by atoms with Gasteiger partial charge in [0.05, 0.1) is 0 Å². The first-order chi connectivity index (χ1) is 9.11. The predicted octanol–water partition coefficient (Wildman–Crippen LogP) is 2.89. The van der Waals surface area contributed by atoms with Gasteiger partial charge < -0.3 is 10.2 Å². The fraction of sp³-hybridized carbons (Fsp3) is 0.583. The second-order valence-electron chi connectivity index (χ2n) is 4.37. The van der Waals surface area contributed by atoms with Gasteiger partial charge in [0, 0.05) is 24.0 Å². The summed E-state index contributed by atoms with van der Waals surface area (Å²) in [5, 5.41) is 4.86. The van der Waals surface area contributed by atoms with Crippen molar-refractivity contribution >= 4 is 29.0 Å². The van der Waals surface area contributed by atoms with Crippen LogP contribution in [0.4, 0.5) is 8.78 Å². The second kappa shape index (κ2) is 6.67. The number of thiophene rings is 1. The highest BCUT2D eigenvalue weighted by Gasteiger charge is 2.26. The molecular weight excluding hydrogens is 290 g/mol. The van der Waals surface area contributed by atoms with Gasteiger partial charge in [-0.1, -0.05) is 11.8 Å². The van der Waals surface area contributed by atoms with Crippen LogP contribution in [0, 0.1) is 0 Å².